The van der Waals surface area contributed by atoms with Crippen molar-refractivity contribution in [1.82, 2.24) is 10.1 Å². The Morgan fingerprint density at radius 3 is 2.71 bits per heavy atom. The zero-order chi connectivity index (χ0) is 17.1. The van der Waals surface area contributed by atoms with Crippen LogP contribution in [0.15, 0.2) is 51.6 Å². The zero-order valence-corrected chi connectivity index (χ0v) is 14.7. The van der Waals surface area contributed by atoms with Crippen molar-refractivity contribution in [2.24, 2.45) is 0 Å². The number of anilines is 3. The fourth-order valence-corrected chi connectivity index (χ4v) is 2.71. The Balaban J connectivity index is 1.76. The van der Waals surface area contributed by atoms with Crippen molar-refractivity contribution < 1.29 is 9.32 Å². The van der Waals surface area contributed by atoms with Gasteiger partial charge in [-0.1, -0.05) is 11.2 Å². The SMILES string of the molecule is Cc1ccc(NC(=O)c2cc(Nc3cc(C)on3)ccn2)c(Br)c1. The minimum absolute atomic E-state index is 0.292. The third-order valence-electron chi connectivity index (χ3n) is 3.27. The first-order chi connectivity index (χ1) is 11.5. The molecule has 0 aliphatic heterocycles. The van der Waals surface area contributed by atoms with Crippen LogP contribution in [0.2, 0.25) is 0 Å². The van der Waals surface area contributed by atoms with Crippen molar-refractivity contribution in [2.75, 3.05) is 10.6 Å². The standard InChI is InChI=1S/C17H15BrN4O2/c1-10-3-4-14(13(18)7-10)21-17(23)15-9-12(5-6-19-15)20-16-8-11(2)24-22-16/h3-9H,1-2H3,(H,21,23)(H,19,20,22). The number of hydrogen-bond acceptors (Lipinski definition) is 5. The number of halogens is 1. The first-order valence-corrected chi connectivity index (χ1v) is 8.04. The molecule has 0 radical (unpaired) electrons. The molecule has 0 aliphatic rings. The molecular formula is C17H15BrN4O2. The monoisotopic (exact) mass is 386 g/mol. The van der Waals surface area contributed by atoms with E-state index in [1.807, 2.05) is 32.0 Å². The molecule has 0 bridgehead atoms. The normalized spacial score (nSPS) is 10.5. The molecule has 0 saturated carbocycles. The quantitative estimate of drug-likeness (QED) is 0.692. The highest BCUT2D eigenvalue weighted by molar-refractivity contribution is 9.10. The number of aromatic nitrogens is 2. The molecule has 0 atom stereocenters. The summed E-state index contributed by atoms with van der Waals surface area (Å²) in [6, 6.07) is 10.9. The van der Waals surface area contributed by atoms with Crippen LogP contribution in [0.4, 0.5) is 17.2 Å². The highest BCUT2D eigenvalue weighted by Gasteiger charge is 2.11. The van der Waals surface area contributed by atoms with Crippen LogP contribution in [0.3, 0.4) is 0 Å². The van der Waals surface area contributed by atoms with Crippen LogP contribution in [-0.4, -0.2) is 16.0 Å². The number of hydrogen-bond donors (Lipinski definition) is 2. The summed E-state index contributed by atoms with van der Waals surface area (Å²) < 4.78 is 5.83. The molecule has 7 heteroatoms. The van der Waals surface area contributed by atoms with Crippen molar-refractivity contribution in [2.45, 2.75) is 13.8 Å². The molecule has 0 unspecified atom stereocenters. The fraction of sp³-hybridized carbons (Fsp3) is 0.118. The van der Waals surface area contributed by atoms with Crippen molar-refractivity contribution >= 4 is 39.0 Å². The van der Waals surface area contributed by atoms with Crippen LogP contribution in [-0.2, 0) is 0 Å². The van der Waals surface area contributed by atoms with E-state index in [1.54, 1.807) is 24.4 Å². The van der Waals surface area contributed by atoms with Crippen LogP contribution >= 0.6 is 15.9 Å². The molecule has 3 rings (SSSR count). The maximum Gasteiger partial charge on any atom is 0.274 e. The van der Waals surface area contributed by atoms with Crippen molar-refractivity contribution in [3.05, 3.63) is 64.1 Å². The van der Waals surface area contributed by atoms with Gasteiger partial charge in [-0.3, -0.25) is 9.78 Å². The Kier molecular flexibility index (Phi) is 4.61. The number of nitrogens with one attached hydrogen (secondary N) is 2. The lowest BCUT2D eigenvalue weighted by Gasteiger charge is -2.09. The van der Waals surface area contributed by atoms with Gasteiger partial charge >= 0.3 is 0 Å². The summed E-state index contributed by atoms with van der Waals surface area (Å²) >= 11 is 3.44. The molecule has 0 aliphatic carbocycles. The number of carbonyl (C=O) groups is 1. The Hall–Kier alpha value is -2.67. The van der Waals surface area contributed by atoms with Crippen molar-refractivity contribution in [1.29, 1.82) is 0 Å². The Labute approximate surface area is 147 Å². The lowest BCUT2D eigenvalue weighted by atomic mass is 10.2. The van der Waals surface area contributed by atoms with Gasteiger partial charge in [0, 0.05) is 22.4 Å². The molecule has 1 amide bonds. The number of pyridine rings is 1. The smallest absolute Gasteiger partial charge is 0.274 e. The van der Waals surface area contributed by atoms with E-state index in [-0.39, 0.29) is 5.91 Å². The molecule has 1 aromatic carbocycles. The van der Waals surface area contributed by atoms with E-state index >= 15 is 0 Å². The molecular weight excluding hydrogens is 372 g/mol. The maximum atomic E-state index is 12.4. The van der Waals surface area contributed by atoms with Crippen LogP contribution in [0, 0.1) is 13.8 Å². The van der Waals surface area contributed by atoms with Crippen LogP contribution in [0.5, 0.6) is 0 Å². The minimum atomic E-state index is -0.292. The topological polar surface area (TPSA) is 80.0 Å². The third kappa shape index (κ3) is 3.80. The number of rotatable bonds is 4. The predicted octanol–water partition coefficient (Wildman–Crippen LogP) is 4.44. The Morgan fingerprint density at radius 1 is 1.17 bits per heavy atom. The molecule has 0 fully saturated rings. The van der Waals surface area contributed by atoms with Gasteiger partial charge < -0.3 is 15.2 Å². The van der Waals surface area contributed by atoms with Gasteiger partial charge in [0.1, 0.15) is 11.5 Å². The van der Waals surface area contributed by atoms with E-state index in [4.69, 9.17) is 4.52 Å². The van der Waals surface area contributed by atoms with Gasteiger partial charge in [0.05, 0.1) is 5.69 Å². The van der Waals surface area contributed by atoms with E-state index in [1.165, 1.54) is 0 Å². The van der Waals surface area contributed by atoms with E-state index in [0.29, 0.717) is 28.6 Å². The molecule has 2 N–H and O–H groups in total. The summed E-state index contributed by atoms with van der Waals surface area (Å²) in [6.45, 7) is 3.79. The zero-order valence-electron chi connectivity index (χ0n) is 13.1. The average Bonchev–Trinajstić information content (AvgIpc) is 2.95. The van der Waals surface area contributed by atoms with Crippen LogP contribution < -0.4 is 10.6 Å². The van der Waals surface area contributed by atoms with Gasteiger partial charge in [0.2, 0.25) is 0 Å². The molecule has 2 aromatic heterocycles. The largest absolute Gasteiger partial charge is 0.360 e. The second-order valence-corrected chi connectivity index (χ2v) is 6.17. The first kappa shape index (κ1) is 16.2. The summed E-state index contributed by atoms with van der Waals surface area (Å²) in [7, 11) is 0. The predicted molar refractivity (Wildman–Crippen MR) is 95.6 cm³/mol. The van der Waals surface area contributed by atoms with E-state index in [9.17, 15) is 4.79 Å². The van der Waals surface area contributed by atoms with Crippen LogP contribution in [0.25, 0.3) is 0 Å². The Bertz CT molecular complexity index is 892. The summed E-state index contributed by atoms with van der Waals surface area (Å²) in [4.78, 5) is 16.5. The van der Waals surface area contributed by atoms with Gasteiger partial charge in [-0.15, -0.1) is 0 Å². The van der Waals surface area contributed by atoms with Crippen molar-refractivity contribution in [3.8, 4) is 0 Å². The van der Waals surface area contributed by atoms with Gasteiger partial charge in [-0.25, -0.2) is 0 Å². The Morgan fingerprint density at radius 2 is 2.00 bits per heavy atom. The van der Waals surface area contributed by atoms with E-state index in [0.717, 1.165) is 10.0 Å². The van der Waals surface area contributed by atoms with Crippen molar-refractivity contribution in [3.63, 3.8) is 0 Å². The molecule has 122 valence electrons. The summed E-state index contributed by atoms with van der Waals surface area (Å²) in [5.41, 5.74) is 2.80. The molecule has 0 spiro atoms. The van der Waals surface area contributed by atoms with Gasteiger partial charge in [0.25, 0.3) is 5.91 Å². The lowest BCUT2D eigenvalue weighted by Crippen LogP contribution is -2.14. The highest BCUT2D eigenvalue weighted by Crippen LogP contribution is 2.24. The fourth-order valence-electron chi connectivity index (χ4n) is 2.11. The van der Waals surface area contributed by atoms with Gasteiger partial charge in [-0.2, -0.15) is 0 Å². The third-order valence-corrected chi connectivity index (χ3v) is 3.92. The average molecular weight is 387 g/mol. The second-order valence-electron chi connectivity index (χ2n) is 5.31. The molecule has 2 heterocycles. The summed E-state index contributed by atoms with van der Waals surface area (Å²) in [5, 5.41) is 9.77. The number of aryl methyl sites for hydroxylation is 2. The van der Waals surface area contributed by atoms with Gasteiger partial charge in [-0.05, 0) is 59.6 Å². The number of benzene rings is 1. The number of nitrogens with zero attached hydrogens (tertiary/aromatic N) is 2. The molecule has 0 saturated heterocycles. The molecule has 3 aromatic rings. The number of amides is 1. The second kappa shape index (κ2) is 6.84. The van der Waals surface area contributed by atoms with E-state index in [2.05, 4.69) is 36.7 Å². The molecule has 6 nitrogen and oxygen atoms in total. The first-order valence-electron chi connectivity index (χ1n) is 7.25. The highest BCUT2D eigenvalue weighted by atomic mass is 79.9. The number of carbonyl (C=O) groups excluding carboxylic acids is 1. The summed E-state index contributed by atoms with van der Waals surface area (Å²) in [6.07, 6.45) is 1.56. The van der Waals surface area contributed by atoms with Crippen LogP contribution in [0.1, 0.15) is 21.8 Å². The molecule has 24 heavy (non-hydrogen) atoms. The van der Waals surface area contributed by atoms with E-state index < -0.39 is 0 Å². The minimum Gasteiger partial charge on any atom is -0.360 e. The van der Waals surface area contributed by atoms with Gasteiger partial charge in [0.15, 0.2) is 5.82 Å². The summed E-state index contributed by atoms with van der Waals surface area (Å²) in [5.74, 6) is 0.986. The maximum absolute atomic E-state index is 12.4. The lowest BCUT2D eigenvalue weighted by molar-refractivity contribution is 0.102.